The zero-order chi connectivity index (χ0) is 17.7. The van der Waals surface area contributed by atoms with E-state index in [0.29, 0.717) is 12.3 Å². The minimum atomic E-state index is -0.410. The maximum absolute atomic E-state index is 12.7. The van der Waals surface area contributed by atoms with Crippen molar-refractivity contribution in [1.82, 2.24) is 15.2 Å². The van der Waals surface area contributed by atoms with Crippen LogP contribution in [0.2, 0.25) is 0 Å². The van der Waals surface area contributed by atoms with Crippen LogP contribution in [-0.4, -0.2) is 48.1 Å². The normalized spacial score (nSPS) is 20.8. The number of carbonyl (C=O) groups excluding carboxylic acids is 1. The number of amides is 1. The topological polar surface area (TPSA) is 74.4 Å². The molecular weight excluding hydrogens is 318 g/mol. The van der Waals surface area contributed by atoms with E-state index >= 15 is 0 Å². The first-order valence-electron chi connectivity index (χ1n) is 9.45. The van der Waals surface area contributed by atoms with Crippen molar-refractivity contribution in [2.45, 2.75) is 56.9 Å². The van der Waals surface area contributed by atoms with Crippen LogP contribution in [0.4, 0.5) is 0 Å². The number of likely N-dealkylation sites (tertiary alicyclic amines) is 1. The van der Waals surface area contributed by atoms with Crippen molar-refractivity contribution in [1.29, 1.82) is 0 Å². The van der Waals surface area contributed by atoms with Gasteiger partial charge >= 0.3 is 0 Å². The fraction of sp³-hybridized carbons (Fsp3) is 0.684. The van der Waals surface area contributed by atoms with Crippen LogP contribution in [-0.2, 0) is 0 Å². The molecule has 6 heteroatoms. The molecule has 2 fully saturated rings. The summed E-state index contributed by atoms with van der Waals surface area (Å²) < 4.78 is 5.19. The molecule has 0 radical (unpaired) electrons. The summed E-state index contributed by atoms with van der Waals surface area (Å²) >= 11 is 0. The molecule has 6 nitrogen and oxygen atoms in total. The van der Waals surface area contributed by atoms with Crippen molar-refractivity contribution in [3.05, 3.63) is 28.2 Å². The number of aromatic nitrogens is 1. The summed E-state index contributed by atoms with van der Waals surface area (Å²) in [6.45, 7) is 2.83. The van der Waals surface area contributed by atoms with Crippen molar-refractivity contribution in [3.8, 4) is 5.75 Å². The second-order valence-electron chi connectivity index (χ2n) is 7.27. The molecule has 3 rings (SSSR count). The Morgan fingerprint density at radius 3 is 2.56 bits per heavy atom. The molecular formula is C19H29N3O3. The van der Waals surface area contributed by atoms with E-state index in [1.807, 2.05) is 0 Å². The number of aromatic amines is 1. The number of H-pyrrole nitrogens is 1. The maximum atomic E-state index is 12.7. The van der Waals surface area contributed by atoms with E-state index in [-0.39, 0.29) is 17.0 Å². The first-order valence-corrected chi connectivity index (χ1v) is 9.45. The molecule has 2 heterocycles. The van der Waals surface area contributed by atoms with E-state index in [9.17, 15) is 9.59 Å². The van der Waals surface area contributed by atoms with Crippen molar-refractivity contribution in [3.63, 3.8) is 0 Å². The lowest BCUT2D eigenvalue weighted by Gasteiger charge is -2.48. The van der Waals surface area contributed by atoms with Gasteiger partial charge in [-0.3, -0.25) is 14.5 Å². The lowest BCUT2D eigenvalue weighted by Crippen LogP contribution is -2.58. The number of ether oxygens (including phenoxy) is 1. The summed E-state index contributed by atoms with van der Waals surface area (Å²) in [5.74, 6) is -0.0300. The van der Waals surface area contributed by atoms with Crippen LogP contribution in [0, 0.1) is 0 Å². The lowest BCUT2D eigenvalue weighted by atomic mass is 9.79. The number of methoxy groups -OCH3 is 1. The molecule has 0 spiro atoms. The van der Waals surface area contributed by atoms with E-state index in [2.05, 4.69) is 15.2 Å². The highest BCUT2D eigenvalue weighted by molar-refractivity contribution is 5.96. The molecule has 1 amide bonds. The highest BCUT2D eigenvalue weighted by atomic mass is 16.5. The summed E-state index contributed by atoms with van der Waals surface area (Å²) in [4.78, 5) is 29.9. The largest absolute Gasteiger partial charge is 0.496 e. The van der Waals surface area contributed by atoms with Gasteiger partial charge in [0, 0.05) is 18.3 Å². The molecule has 1 aliphatic heterocycles. The monoisotopic (exact) mass is 347 g/mol. The predicted molar refractivity (Wildman–Crippen MR) is 97.2 cm³/mol. The van der Waals surface area contributed by atoms with Gasteiger partial charge in [0.15, 0.2) is 0 Å². The van der Waals surface area contributed by atoms with E-state index in [0.717, 1.165) is 25.9 Å². The molecule has 25 heavy (non-hydrogen) atoms. The molecule has 138 valence electrons. The lowest BCUT2D eigenvalue weighted by molar-refractivity contribution is 0.0326. The number of hydrogen-bond donors (Lipinski definition) is 2. The Morgan fingerprint density at radius 2 is 1.88 bits per heavy atom. The van der Waals surface area contributed by atoms with E-state index in [1.54, 1.807) is 6.07 Å². The number of piperidine rings is 1. The van der Waals surface area contributed by atoms with Gasteiger partial charge in [-0.25, -0.2) is 0 Å². The van der Waals surface area contributed by atoms with Gasteiger partial charge in [0.1, 0.15) is 11.3 Å². The summed E-state index contributed by atoms with van der Waals surface area (Å²) in [5, 5.41) is 3.04. The summed E-state index contributed by atoms with van der Waals surface area (Å²) in [6, 6.07) is 1.61. The van der Waals surface area contributed by atoms with Gasteiger partial charge in [0.05, 0.1) is 7.11 Å². The summed E-state index contributed by atoms with van der Waals surface area (Å²) in [5.41, 5.74) is -0.301. The molecule has 0 atom stereocenters. The number of rotatable bonds is 5. The Kier molecular flexibility index (Phi) is 5.78. The van der Waals surface area contributed by atoms with Crippen LogP contribution in [0.15, 0.2) is 17.1 Å². The zero-order valence-electron chi connectivity index (χ0n) is 15.1. The summed E-state index contributed by atoms with van der Waals surface area (Å²) in [7, 11) is 1.47. The van der Waals surface area contributed by atoms with Gasteiger partial charge in [-0.05, 0) is 44.8 Å². The second kappa shape index (κ2) is 8.04. The van der Waals surface area contributed by atoms with Crippen LogP contribution in [0.25, 0.3) is 0 Å². The molecule has 1 aliphatic carbocycles. The van der Waals surface area contributed by atoms with Gasteiger partial charge in [0.25, 0.3) is 11.5 Å². The van der Waals surface area contributed by atoms with Crippen molar-refractivity contribution >= 4 is 5.91 Å². The Bertz CT molecular complexity index is 644. The van der Waals surface area contributed by atoms with Crippen LogP contribution < -0.4 is 15.6 Å². The first-order chi connectivity index (χ1) is 12.2. The molecule has 1 saturated heterocycles. The Morgan fingerprint density at radius 1 is 1.20 bits per heavy atom. The van der Waals surface area contributed by atoms with Crippen LogP contribution in [0.1, 0.15) is 61.7 Å². The third kappa shape index (κ3) is 3.89. The van der Waals surface area contributed by atoms with Crippen LogP contribution in [0.5, 0.6) is 5.75 Å². The molecule has 2 aliphatic rings. The zero-order valence-corrected chi connectivity index (χ0v) is 15.1. The highest BCUT2D eigenvalue weighted by Crippen LogP contribution is 2.35. The molecule has 1 aromatic heterocycles. The number of nitrogens with one attached hydrogen (secondary N) is 2. The minimum Gasteiger partial charge on any atom is -0.496 e. The SMILES string of the molecule is COc1cc[nH]c(=O)c1C(=O)NCC1(N2CCCCC2)CCCCC1. The first kappa shape index (κ1) is 18.0. The van der Waals surface area contributed by atoms with Gasteiger partial charge in [-0.1, -0.05) is 25.7 Å². The average molecular weight is 347 g/mol. The maximum Gasteiger partial charge on any atom is 0.264 e. The Hall–Kier alpha value is -1.82. The molecule has 2 N–H and O–H groups in total. The fourth-order valence-electron chi connectivity index (χ4n) is 4.36. The third-order valence-corrected chi connectivity index (χ3v) is 5.76. The van der Waals surface area contributed by atoms with Crippen molar-refractivity contribution in [2.75, 3.05) is 26.7 Å². The molecule has 0 bridgehead atoms. The van der Waals surface area contributed by atoms with E-state index < -0.39 is 5.56 Å². The number of carbonyl (C=O) groups is 1. The van der Waals surface area contributed by atoms with Crippen LogP contribution in [0.3, 0.4) is 0 Å². The molecule has 0 unspecified atom stereocenters. The number of pyridine rings is 1. The molecule has 1 aromatic rings. The Balaban J connectivity index is 1.75. The van der Waals surface area contributed by atoms with Gasteiger partial charge in [-0.15, -0.1) is 0 Å². The van der Waals surface area contributed by atoms with Gasteiger partial charge in [0.2, 0.25) is 0 Å². The molecule has 0 aromatic carbocycles. The molecule has 1 saturated carbocycles. The van der Waals surface area contributed by atoms with Crippen molar-refractivity contribution in [2.24, 2.45) is 0 Å². The average Bonchev–Trinajstić information content (AvgIpc) is 2.67. The predicted octanol–water partition coefficient (Wildman–Crippen LogP) is 2.30. The smallest absolute Gasteiger partial charge is 0.264 e. The van der Waals surface area contributed by atoms with Crippen LogP contribution >= 0.6 is 0 Å². The Labute approximate surface area is 148 Å². The van der Waals surface area contributed by atoms with E-state index in [4.69, 9.17) is 4.74 Å². The fourth-order valence-corrected chi connectivity index (χ4v) is 4.36. The second-order valence-corrected chi connectivity index (χ2v) is 7.27. The standard InChI is InChI=1S/C19H29N3O3/c1-25-15-8-11-20-17(23)16(15)18(24)21-14-19(9-4-2-5-10-19)22-12-6-3-7-13-22/h8,11H,2-7,9-10,12-14H2,1H3,(H,20,23)(H,21,24). The number of nitrogens with zero attached hydrogens (tertiary/aromatic N) is 1. The number of hydrogen-bond acceptors (Lipinski definition) is 4. The highest BCUT2D eigenvalue weighted by Gasteiger charge is 2.38. The minimum absolute atomic E-state index is 0.0447. The van der Waals surface area contributed by atoms with Gasteiger partial charge < -0.3 is 15.0 Å². The van der Waals surface area contributed by atoms with Gasteiger partial charge in [-0.2, -0.15) is 0 Å². The van der Waals surface area contributed by atoms with E-state index in [1.165, 1.54) is 51.8 Å². The van der Waals surface area contributed by atoms with Crippen molar-refractivity contribution < 1.29 is 9.53 Å². The summed E-state index contributed by atoms with van der Waals surface area (Å²) in [6.07, 6.45) is 11.2. The third-order valence-electron chi connectivity index (χ3n) is 5.76. The quantitative estimate of drug-likeness (QED) is 0.857.